The lowest BCUT2D eigenvalue weighted by Gasteiger charge is -2.61. The zero-order chi connectivity index (χ0) is 18.9. The minimum Gasteiger partial charge on any atom is -0.393 e. The first-order chi connectivity index (χ1) is 12.2. The number of rotatable bonds is 2. The fourth-order valence-corrected chi connectivity index (χ4v) is 7.40. The van der Waals surface area contributed by atoms with Gasteiger partial charge in [0.2, 0.25) is 0 Å². The van der Waals surface area contributed by atoms with Crippen LogP contribution >= 0.6 is 0 Å². The molecule has 0 bridgehead atoms. The van der Waals surface area contributed by atoms with Crippen molar-refractivity contribution in [3.63, 3.8) is 0 Å². The molecular formula is C22H32O4. The van der Waals surface area contributed by atoms with Crippen molar-refractivity contribution in [1.29, 1.82) is 0 Å². The molecule has 0 aromatic carbocycles. The summed E-state index contributed by atoms with van der Waals surface area (Å²) in [6.07, 6.45) is 6.69. The summed E-state index contributed by atoms with van der Waals surface area (Å²) in [6, 6.07) is 0. The van der Waals surface area contributed by atoms with E-state index in [0.29, 0.717) is 36.7 Å². The Labute approximate surface area is 156 Å². The highest BCUT2D eigenvalue weighted by Crippen LogP contribution is 2.68. The van der Waals surface area contributed by atoms with Gasteiger partial charge in [-0.2, -0.15) is 0 Å². The van der Waals surface area contributed by atoms with E-state index in [1.807, 2.05) is 6.08 Å². The van der Waals surface area contributed by atoms with E-state index in [0.717, 1.165) is 25.7 Å². The molecule has 0 heterocycles. The molecule has 0 aromatic heterocycles. The summed E-state index contributed by atoms with van der Waals surface area (Å²) in [4.78, 5) is 11.9. The van der Waals surface area contributed by atoms with Crippen LogP contribution in [0.1, 0.15) is 58.8 Å². The number of hydrogen-bond acceptors (Lipinski definition) is 4. The Hall–Kier alpha value is -0.970. The van der Waals surface area contributed by atoms with E-state index in [1.165, 1.54) is 5.57 Å². The number of ketones is 1. The molecule has 0 saturated heterocycles. The van der Waals surface area contributed by atoms with Crippen molar-refractivity contribution in [3.05, 3.63) is 23.8 Å². The lowest BCUT2D eigenvalue weighted by Crippen LogP contribution is -2.60. The Bertz CT molecular complexity index is 682. The van der Waals surface area contributed by atoms with E-state index >= 15 is 0 Å². The summed E-state index contributed by atoms with van der Waals surface area (Å²) >= 11 is 0. The fraction of sp³-hybridized carbons (Fsp3) is 0.773. The molecule has 0 radical (unpaired) electrons. The molecule has 0 spiro atoms. The van der Waals surface area contributed by atoms with Crippen LogP contribution in [0.15, 0.2) is 23.8 Å². The van der Waals surface area contributed by atoms with Crippen LogP contribution < -0.4 is 0 Å². The molecule has 3 fully saturated rings. The maximum Gasteiger partial charge on any atom is 0.155 e. The van der Waals surface area contributed by atoms with Crippen molar-refractivity contribution in [1.82, 2.24) is 0 Å². The molecule has 4 heteroatoms. The van der Waals surface area contributed by atoms with Gasteiger partial charge in [0.05, 0.1) is 18.3 Å². The monoisotopic (exact) mass is 360 g/mol. The van der Waals surface area contributed by atoms with Crippen molar-refractivity contribution in [2.24, 2.45) is 28.6 Å². The molecule has 3 N–H and O–H groups in total. The van der Waals surface area contributed by atoms with Crippen molar-refractivity contribution in [2.45, 2.75) is 70.5 Å². The molecule has 4 rings (SSSR count). The largest absolute Gasteiger partial charge is 0.393 e. The first-order valence-electron chi connectivity index (χ1n) is 10.1. The summed E-state index contributed by atoms with van der Waals surface area (Å²) in [5.41, 5.74) is 0.0596. The first kappa shape index (κ1) is 18.4. The van der Waals surface area contributed by atoms with Gasteiger partial charge in [0.1, 0.15) is 0 Å². The third-order valence-electron chi connectivity index (χ3n) is 8.82. The number of aliphatic hydroxyl groups is 3. The number of fused-ring (bicyclic) bond motifs is 5. The van der Waals surface area contributed by atoms with Crippen molar-refractivity contribution in [3.8, 4) is 0 Å². The van der Waals surface area contributed by atoms with Crippen LogP contribution in [-0.2, 0) is 4.79 Å². The van der Waals surface area contributed by atoms with Crippen molar-refractivity contribution >= 4 is 5.78 Å². The Morgan fingerprint density at radius 3 is 2.69 bits per heavy atom. The smallest absolute Gasteiger partial charge is 0.155 e. The summed E-state index contributed by atoms with van der Waals surface area (Å²) < 4.78 is 0. The molecule has 0 unspecified atom stereocenters. The standard InChI is InChI=1S/C22H32O4/c1-13(12-23)22(26)9-7-17-16-5-4-14-10-15(24)6-8-20(14,2)19(16)18(25)11-21(17,22)3/h10,16-19,23,25-26H,1,4-9,11-12H2,2-3H3/t16-,17+,18-,19-,20+,21+,22+/m1/s1. The van der Waals surface area contributed by atoms with Crippen molar-refractivity contribution < 1.29 is 20.1 Å². The fourth-order valence-electron chi connectivity index (χ4n) is 7.40. The molecule has 4 aliphatic rings. The SMILES string of the molecule is C=C(CO)[C@@]1(O)CC[C@H]2[C@H]3CCC4=CC(=O)CC[C@]4(C)[C@H]3[C@H](O)C[C@@]21C. The van der Waals surface area contributed by atoms with Gasteiger partial charge in [-0.15, -0.1) is 0 Å². The van der Waals surface area contributed by atoms with Crippen LogP contribution in [0.25, 0.3) is 0 Å². The van der Waals surface area contributed by atoms with E-state index in [1.54, 1.807) is 0 Å². The van der Waals surface area contributed by atoms with E-state index in [-0.39, 0.29) is 23.7 Å². The van der Waals surface area contributed by atoms with Gasteiger partial charge in [-0.3, -0.25) is 4.79 Å². The number of hydrogen-bond donors (Lipinski definition) is 3. The van der Waals surface area contributed by atoms with Crippen LogP contribution in [-0.4, -0.2) is 39.4 Å². The van der Waals surface area contributed by atoms with Crippen LogP contribution in [0.5, 0.6) is 0 Å². The summed E-state index contributed by atoms with van der Waals surface area (Å²) in [7, 11) is 0. The molecule has 4 aliphatic carbocycles. The highest BCUT2D eigenvalue weighted by atomic mass is 16.3. The van der Waals surface area contributed by atoms with Crippen LogP contribution in [0.2, 0.25) is 0 Å². The van der Waals surface area contributed by atoms with Gasteiger partial charge >= 0.3 is 0 Å². The molecule has 144 valence electrons. The van der Waals surface area contributed by atoms with Gasteiger partial charge in [0.25, 0.3) is 0 Å². The molecular weight excluding hydrogens is 328 g/mol. The highest BCUT2D eigenvalue weighted by Gasteiger charge is 2.66. The molecule has 0 amide bonds. The second-order valence-corrected chi connectivity index (χ2v) is 9.74. The highest BCUT2D eigenvalue weighted by molar-refractivity contribution is 5.91. The van der Waals surface area contributed by atoms with Crippen molar-refractivity contribution in [2.75, 3.05) is 6.61 Å². The average molecular weight is 360 g/mol. The van der Waals surface area contributed by atoms with E-state index in [2.05, 4.69) is 20.4 Å². The number of aliphatic hydroxyl groups excluding tert-OH is 2. The molecule has 7 atom stereocenters. The van der Waals surface area contributed by atoms with Gasteiger partial charge in [-0.25, -0.2) is 0 Å². The third kappa shape index (κ3) is 2.15. The molecule has 4 nitrogen and oxygen atoms in total. The van der Waals surface area contributed by atoms with Crippen LogP contribution in [0, 0.1) is 28.6 Å². The Morgan fingerprint density at radius 1 is 1.27 bits per heavy atom. The maximum atomic E-state index is 11.9. The zero-order valence-electron chi connectivity index (χ0n) is 16.0. The van der Waals surface area contributed by atoms with E-state index in [4.69, 9.17) is 0 Å². The molecule has 0 aliphatic heterocycles. The minimum absolute atomic E-state index is 0.105. The molecule has 26 heavy (non-hydrogen) atoms. The normalized spacial score (nSPS) is 50.5. The van der Waals surface area contributed by atoms with Gasteiger partial charge in [0, 0.05) is 11.8 Å². The number of carbonyl (C=O) groups is 1. The maximum absolute atomic E-state index is 11.9. The Morgan fingerprint density at radius 2 is 2.00 bits per heavy atom. The second kappa shape index (κ2) is 5.76. The van der Waals surface area contributed by atoms with Gasteiger partial charge in [-0.1, -0.05) is 26.0 Å². The minimum atomic E-state index is -1.10. The van der Waals surface area contributed by atoms with Crippen LogP contribution in [0.3, 0.4) is 0 Å². The Kier molecular flexibility index (Phi) is 4.08. The van der Waals surface area contributed by atoms with Gasteiger partial charge < -0.3 is 15.3 Å². The lowest BCUT2D eigenvalue weighted by molar-refractivity contribution is -0.162. The average Bonchev–Trinajstić information content (AvgIpc) is 2.86. The van der Waals surface area contributed by atoms with E-state index < -0.39 is 17.1 Å². The predicted molar refractivity (Wildman–Crippen MR) is 99.3 cm³/mol. The lowest BCUT2D eigenvalue weighted by atomic mass is 9.45. The number of allylic oxidation sites excluding steroid dienone is 1. The van der Waals surface area contributed by atoms with Gasteiger partial charge in [-0.05, 0) is 73.3 Å². The zero-order valence-corrected chi connectivity index (χ0v) is 16.0. The topological polar surface area (TPSA) is 77.8 Å². The third-order valence-corrected chi connectivity index (χ3v) is 8.82. The Balaban J connectivity index is 1.74. The van der Waals surface area contributed by atoms with E-state index in [9.17, 15) is 20.1 Å². The van der Waals surface area contributed by atoms with Crippen LogP contribution in [0.4, 0.5) is 0 Å². The summed E-state index contributed by atoms with van der Waals surface area (Å²) in [6.45, 7) is 8.06. The summed E-state index contributed by atoms with van der Waals surface area (Å²) in [5.74, 6) is 1.04. The van der Waals surface area contributed by atoms with Gasteiger partial charge in [0.15, 0.2) is 5.78 Å². The predicted octanol–water partition coefficient (Wildman–Crippen LogP) is 2.77. The molecule has 0 aromatic rings. The summed E-state index contributed by atoms with van der Waals surface area (Å²) in [5, 5.41) is 32.3. The first-order valence-corrected chi connectivity index (χ1v) is 10.1. The number of carbonyl (C=O) groups excluding carboxylic acids is 1. The second-order valence-electron chi connectivity index (χ2n) is 9.74. The molecule has 3 saturated carbocycles. The quantitative estimate of drug-likeness (QED) is 0.662.